The molecule has 0 rings (SSSR count). The highest BCUT2D eigenvalue weighted by Gasteiger charge is 1.95. The quantitative estimate of drug-likeness (QED) is 0.709. The zero-order valence-corrected chi connectivity index (χ0v) is 13.2. The molecule has 1 unspecified atom stereocenters. The Kier molecular flexibility index (Phi) is 74.4. The topological polar surface area (TPSA) is 52.5 Å². The number of unbranched alkanes of at least 4 members (excludes halogenated alkanes) is 2. The first-order chi connectivity index (χ1) is 8.17. The summed E-state index contributed by atoms with van der Waals surface area (Å²) < 4.78 is 0. The third kappa shape index (κ3) is 56.6. The van der Waals surface area contributed by atoms with E-state index < -0.39 is 0 Å². The molecule has 0 saturated heterocycles. The van der Waals surface area contributed by atoms with Crippen molar-refractivity contribution in [2.45, 2.75) is 80.7 Å². The van der Waals surface area contributed by atoms with Crippen LogP contribution in [0.4, 0.5) is 0 Å². The van der Waals surface area contributed by atoms with E-state index in [1.54, 1.807) is 6.92 Å². The Morgan fingerprint density at radius 2 is 1.28 bits per heavy atom. The predicted octanol–water partition coefficient (Wildman–Crippen LogP) is 3.83. The molecule has 3 nitrogen and oxygen atoms in total. The molecule has 0 saturated carbocycles. The third-order valence-electron chi connectivity index (χ3n) is 1.83. The highest BCUT2D eigenvalue weighted by atomic mass is 16.3. The molecule has 0 aliphatic carbocycles. The molecule has 0 aromatic rings. The molecule has 0 aromatic carbocycles. The van der Waals surface area contributed by atoms with Crippen molar-refractivity contribution in [2.75, 3.05) is 20.3 Å². The van der Waals surface area contributed by atoms with Gasteiger partial charge in [0.1, 0.15) is 0 Å². The molecular weight excluding hydrogens is 226 g/mol. The Morgan fingerprint density at radius 3 is 1.28 bits per heavy atom. The number of aliphatic hydroxyl groups is 2. The molecule has 18 heavy (non-hydrogen) atoms. The monoisotopic (exact) mass is 267 g/mol. The Labute approximate surface area is 117 Å². The van der Waals surface area contributed by atoms with Crippen LogP contribution in [0, 0.1) is 0 Å². The van der Waals surface area contributed by atoms with Gasteiger partial charge in [0.05, 0.1) is 6.61 Å². The summed E-state index contributed by atoms with van der Waals surface area (Å²) >= 11 is 0. The van der Waals surface area contributed by atoms with Crippen molar-refractivity contribution < 1.29 is 10.2 Å². The lowest BCUT2D eigenvalue weighted by Crippen LogP contribution is -2.27. The summed E-state index contributed by atoms with van der Waals surface area (Å²) in [5.74, 6) is 0. The molecule has 0 aromatic heterocycles. The smallest absolute Gasteiger partial charge is 0.0584 e. The van der Waals surface area contributed by atoms with Gasteiger partial charge in [-0.05, 0) is 20.4 Å². The van der Waals surface area contributed by atoms with Crippen molar-refractivity contribution >= 4 is 0 Å². The van der Waals surface area contributed by atoms with Crippen LogP contribution in [0.5, 0.6) is 0 Å². The van der Waals surface area contributed by atoms with Crippen LogP contribution in [0.3, 0.4) is 0 Å². The number of hydrogen-bond donors (Lipinski definition) is 3. The van der Waals surface area contributed by atoms with Crippen molar-refractivity contribution in [3.63, 3.8) is 0 Å². The summed E-state index contributed by atoms with van der Waals surface area (Å²) in [6, 6.07) is 0.292. The van der Waals surface area contributed by atoms with E-state index in [4.69, 9.17) is 10.2 Å². The van der Waals surface area contributed by atoms with Crippen LogP contribution in [0.25, 0.3) is 0 Å². The Balaban J connectivity index is -0.0000000455. The van der Waals surface area contributed by atoms with Gasteiger partial charge in [-0.25, -0.2) is 0 Å². The Bertz CT molecular complexity index is 69.4. The van der Waals surface area contributed by atoms with Crippen LogP contribution in [0.2, 0.25) is 0 Å². The van der Waals surface area contributed by atoms with Crippen molar-refractivity contribution in [1.29, 1.82) is 0 Å². The van der Waals surface area contributed by atoms with Gasteiger partial charge in [0.25, 0.3) is 0 Å². The summed E-state index contributed by atoms with van der Waals surface area (Å²) in [7, 11) is 1.85. The van der Waals surface area contributed by atoms with E-state index in [1.807, 2.05) is 27.8 Å². The van der Waals surface area contributed by atoms with Crippen LogP contribution in [-0.4, -0.2) is 36.5 Å². The Hall–Kier alpha value is -0.120. The van der Waals surface area contributed by atoms with E-state index in [2.05, 4.69) is 19.2 Å². The fraction of sp³-hybridized carbons (Fsp3) is 1.00. The average Bonchev–Trinajstić information content (AvgIpc) is 2.37. The molecule has 0 heterocycles. The molecule has 118 valence electrons. The van der Waals surface area contributed by atoms with E-state index >= 15 is 0 Å². The van der Waals surface area contributed by atoms with Crippen molar-refractivity contribution in [3.8, 4) is 0 Å². The SMILES string of the molecule is C.CC.CCC(CO)NC.CCCCC.CCO. The number of hydrogen-bond acceptors (Lipinski definition) is 3. The largest absolute Gasteiger partial charge is 0.397 e. The highest BCUT2D eigenvalue weighted by Crippen LogP contribution is 1.88. The second-order valence-electron chi connectivity index (χ2n) is 3.25. The number of aliphatic hydroxyl groups excluding tert-OH is 2. The minimum Gasteiger partial charge on any atom is -0.397 e. The van der Waals surface area contributed by atoms with Gasteiger partial charge in [0.15, 0.2) is 0 Å². The lowest BCUT2D eigenvalue weighted by molar-refractivity contribution is 0.245. The minimum atomic E-state index is 0. The van der Waals surface area contributed by atoms with E-state index in [-0.39, 0.29) is 20.6 Å². The lowest BCUT2D eigenvalue weighted by Gasteiger charge is -2.07. The van der Waals surface area contributed by atoms with Gasteiger partial charge >= 0.3 is 0 Å². The molecule has 0 spiro atoms. The molecule has 1 atom stereocenters. The highest BCUT2D eigenvalue weighted by molar-refractivity contribution is 4.56. The molecule has 3 heteroatoms. The van der Waals surface area contributed by atoms with Gasteiger partial charge in [-0.2, -0.15) is 0 Å². The van der Waals surface area contributed by atoms with Gasteiger partial charge in [0.2, 0.25) is 0 Å². The summed E-state index contributed by atoms with van der Waals surface area (Å²) in [4.78, 5) is 0. The number of nitrogens with one attached hydrogen (secondary N) is 1. The normalized spacial score (nSPS) is 9.17. The summed E-state index contributed by atoms with van der Waals surface area (Å²) in [5.41, 5.74) is 0. The summed E-state index contributed by atoms with van der Waals surface area (Å²) in [6.07, 6.45) is 5.07. The number of likely N-dealkylation sites (N-methyl/N-ethyl adjacent to an activating group) is 1. The second kappa shape index (κ2) is 43.6. The average molecular weight is 267 g/mol. The zero-order valence-electron chi connectivity index (χ0n) is 13.2. The van der Waals surface area contributed by atoms with Crippen LogP contribution in [0.1, 0.15) is 74.7 Å². The maximum atomic E-state index is 8.46. The fourth-order valence-corrected chi connectivity index (χ4v) is 0.778. The van der Waals surface area contributed by atoms with E-state index in [0.717, 1.165) is 6.42 Å². The van der Waals surface area contributed by atoms with Crippen LogP contribution in [-0.2, 0) is 0 Å². The van der Waals surface area contributed by atoms with Crippen molar-refractivity contribution in [3.05, 3.63) is 0 Å². The summed E-state index contributed by atoms with van der Waals surface area (Å²) in [5, 5.41) is 19.0. The maximum absolute atomic E-state index is 8.46. The van der Waals surface area contributed by atoms with Crippen molar-refractivity contribution in [1.82, 2.24) is 5.32 Å². The van der Waals surface area contributed by atoms with E-state index in [9.17, 15) is 0 Å². The zero-order chi connectivity index (χ0) is 14.5. The summed E-state index contributed by atoms with van der Waals surface area (Å²) in [6.45, 7) is 12.6. The van der Waals surface area contributed by atoms with Gasteiger partial charge < -0.3 is 15.5 Å². The standard InChI is InChI=1S/C5H13NO.C5H12.C2H6O.C2H6.CH4/c1-3-5(4-7)6-2;1-3-5-4-2;1-2-3;1-2;/h5-7H,3-4H2,1-2H3;3-5H2,1-2H3;3H,2H2,1H3;1-2H3;1H4. The van der Waals surface area contributed by atoms with Gasteiger partial charge in [-0.15, -0.1) is 0 Å². The lowest BCUT2D eigenvalue weighted by atomic mass is 10.2. The molecule has 0 aliphatic heterocycles. The molecule has 0 aliphatic rings. The van der Waals surface area contributed by atoms with Crippen LogP contribution >= 0.6 is 0 Å². The second-order valence-corrected chi connectivity index (χ2v) is 3.25. The first kappa shape index (κ1) is 30.7. The molecule has 0 amide bonds. The van der Waals surface area contributed by atoms with E-state index in [0.29, 0.717) is 6.04 Å². The van der Waals surface area contributed by atoms with Gasteiger partial charge in [0, 0.05) is 12.6 Å². The molecule has 0 fully saturated rings. The fourth-order valence-electron chi connectivity index (χ4n) is 0.778. The molecular formula is C15H41NO2. The predicted molar refractivity (Wildman–Crippen MR) is 86.3 cm³/mol. The van der Waals surface area contributed by atoms with Gasteiger partial charge in [-0.3, -0.25) is 0 Å². The van der Waals surface area contributed by atoms with E-state index in [1.165, 1.54) is 19.3 Å². The molecule has 0 radical (unpaired) electrons. The minimum absolute atomic E-state index is 0. The maximum Gasteiger partial charge on any atom is 0.0584 e. The van der Waals surface area contributed by atoms with Crippen LogP contribution in [0.15, 0.2) is 0 Å². The third-order valence-corrected chi connectivity index (χ3v) is 1.83. The Morgan fingerprint density at radius 1 is 0.944 bits per heavy atom. The molecule has 3 N–H and O–H groups in total. The van der Waals surface area contributed by atoms with Gasteiger partial charge in [-0.1, -0.05) is 61.3 Å². The first-order valence-electron chi connectivity index (χ1n) is 7.07. The molecule has 0 bridgehead atoms. The van der Waals surface area contributed by atoms with Crippen molar-refractivity contribution in [2.24, 2.45) is 0 Å². The number of rotatable bonds is 5. The first-order valence-corrected chi connectivity index (χ1v) is 7.07. The van der Waals surface area contributed by atoms with Crippen LogP contribution < -0.4 is 5.32 Å².